The van der Waals surface area contributed by atoms with Crippen LogP contribution in [-0.4, -0.2) is 22.6 Å². The SMILES string of the molecule is c1ccc(-c2csc(CCNC3CCCCCC3)n2)nc1. The van der Waals surface area contributed by atoms with Crippen molar-refractivity contribution in [3.63, 3.8) is 0 Å². The van der Waals surface area contributed by atoms with Crippen molar-refractivity contribution in [2.45, 2.75) is 51.0 Å². The molecule has 4 heteroatoms. The van der Waals surface area contributed by atoms with E-state index in [9.17, 15) is 0 Å². The second kappa shape index (κ2) is 7.66. The molecular formula is C17H23N3S. The van der Waals surface area contributed by atoms with Gasteiger partial charge >= 0.3 is 0 Å². The van der Waals surface area contributed by atoms with Gasteiger partial charge in [-0.2, -0.15) is 0 Å². The number of nitrogens with zero attached hydrogens (tertiary/aromatic N) is 2. The first kappa shape index (κ1) is 14.7. The van der Waals surface area contributed by atoms with Crippen LogP contribution in [0.15, 0.2) is 29.8 Å². The Morgan fingerprint density at radius 3 is 2.71 bits per heavy atom. The Morgan fingerprint density at radius 1 is 1.10 bits per heavy atom. The average Bonchev–Trinajstić information content (AvgIpc) is 2.84. The summed E-state index contributed by atoms with van der Waals surface area (Å²) in [6.07, 6.45) is 11.1. The molecule has 0 spiro atoms. The summed E-state index contributed by atoms with van der Waals surface area (Å²) in [7, 11) is 0. The number of rotatable bonds is 5. The van der Waals surface area contributed by atoms with Crippen LogP contribution in [-0.2, 0) is 6.42 Å². The van der Waals surface area contributed by atoms with Gasteiger partial charge in [0.2, 0.25) is 0 Å². The second-order valence-electron chi connectivity index (χ2n) is 5.73. The summed E-state index contributed by atoms with van der Waals surface area (Å²) in [5.74, 6) is 0. The number of hydrogen-bond acceptors (Lipinski definition) is 4. The van der Waals surface area contributed by atoms with Gasteiger partial charge in [0.1, 0.15) is 0 Å². The maximum Gasteiger partial charge on any atom is 0.0998 e. The number of nitrogens with one attached hydrogen (secondary N) is 1. The smallest absolute Gasteiger partial charge is 0.0998 e. The minimum Gasteiger partial charge on any atom is -0.314 e. The standard InChI is InChI=1S/C17H23N3S/c1-2-4-8-14(7-3-1)18-12-10-17-20-16(13-21-17)15-9-5-6-11-19-15/h5-6,9,11,13-14,18H,1-4,7-8,10,12H2. The largest absolute Gasteiger partial charge is 0.314 e. The van der Waals surface area contributed by atoms with Gasteiger partial charge in [-0.1, -0.05) is 31.7 Å². The van der Waals surface area contributed by atoms with E-state index in [1.165, 1.54) is 43.5 Å². The molecule has 1 aliphatic carbocycles. The molecule has 3 rings (SSSR count). The molecule has 0 bridgehead atoms. The zero-order valence-corrected chi connectivity index (χ0v) is 13.2. The molecule has 1 aliphatic rings. The van der Waals surface area contributed by atoms with Crippen LogP contribution in [0.1, 0.15) is 43.5 Å². The number of pyridine rings is 1. The van der Waals surface area contributed by atoms with Gasteiger partial charge in [-0.3, -0.25) is 4.98 Å². The molecule has 0 aliphatic heterocycles. The van der Waals surface area contributed by atoms with Gasteiger partial charge in [-0.15, -0.1) is 11.3 Å². The molecule has 1 fully saturated rings. The fourth-order valence-corrected chi connectivity index (χ4v) is 3.72. The van der Waals surface area contributed by atoms with E-state index in [2.05, 4.69) is 15.7 Å². The van der Waals surface area contributed by atoms with Crippen molar-refractivity contribution >= 4 is 11.3 Å². The van der Waals surface area contributed by atoms with Crippen molar-refractivity contribution in [1.82, 2.24) is 15.3 Å². The van der Waals surface area contributed by atoms with Crippen LogP contribution >= 0.6 is 11.3 Å². The van der Waals surface area contributed by atoms with Crippen molar-refractivity contribution in [3.8, 4) is 11.4 Å². The summed E-state index contributed by atoms with van der Waals surface area (Å²) in [5.41, 5.74) is 1.97. The van der Waals surface area contributed by atoms with Crippen molar-refractivity contribution in [2.24, 2.45) is 0 Å². The highest BCUT2D eigenvalue weighted by Gasteiger charge is 2.11. The monoisotopic (exact) mass is 301 g/mol. The lowest BCUT2D eigenvalue weighted by molar-refractivity contribution is 0.463. The Labute approximate surface area is 130 Å². The van der Waals surface area contributed by atoms with Crippen LogP contribution in [0.3, 0.4) is 0 Å². The van der Waals surface area contributed by atoms with Crippen LogP contribution in [0.4, 0.5) is 0 Å². The normalized spacial score (nSPS) is 16.8. The first-order valence-electron chi connectivity index (χ1n) is 8.01. The van der Waals surface area contributed by atoms with E-state index in [-0.39, 0.29) is 0 Å². The van der Waals surface area contributed by atoms with Gasteiger partial charge in [-0.25, -0.2) is 4.98 Å². The Bertz CT molecular complexity index is 530. The number of hydrogen-bond donors (Lipinski definition) is 1. The summed E-state index contributed by atoms with van der Waals surface area (Å²) in [5, 5.41) is 7.03. The highest BCUT2D eigenvalue weighted by atomic mass is 32.1. The van der Waals surface area contributed by atoms with Gasteiger partial charge in [0.15, 0.2) is 0 Å². The third kappa shape index (κ3) is 4.35. The van der Waals surface area contributed by atoms with E-state index in [1.807, 2.05) is 24.4 Å². The third-order valence-electron chi connectivity index (χ3n) is 4.11. The molecule has 0 amide bonds. The lowest BCUT2D eigenvalue weighted by Crippen LogP contribution is -2.30. The van der Waals surface area contributed by atoms with Crippen molar-refractivity contribution in [2.75, 3.05) is 6.54 Å². The molecule has 0 radical (unpaired) electrons. The van der Waals surface area contributed by atoms with Gasteiger partial charge in [0, 0.05) is 30.6 Å². The first-order chi connectivity index (χ1) is 10.4. The third-order valence-corrected chi connectivity index (χ3v) is 5.01. The summed E-state index contributed by atoms with van der Waals surface area (Å²) in [6, 6.07) is 6.69. The Kier molecular flexibility index (Phi) is 5.35. The first-order valence-corrected chi connectivity index (χ1v) is 8.89. The van der Waals surface area contributed by atoms with Crippen molar-refractivity contribution in [3.05, 3.63) is 34.8 Å². The van der Waals surface area contributed by atoms with Crippen molar-refractivity contribution < 1.29 is 0 Å². The molecule has 2 heterocycles. The topological polar surface area (TPSA) is 37.8 Å². The molecule has 0 unspecified atom stereocenters. The van der Waals surface area contributed by atoms with E-state index in [0.717, 1.165) is 30.4 Å². The zero-order valence-electron chi connectivity index (χ0n) is 12.4. The van der Waals surface area contributed by atoms with Gasteiger partial charge in [-0.05, 0) is 25.0 Å². The van der Waals surface area contributed by atoms with Crippen LogP contribution in [0.2, 0.25) is 0 Å². The maximum absolute atomic E-state index is 4.70. The van der Waals surface area contributed by atoms with E-state index >= 15 is 0 Å². The summed E-state index contributed by atoms with van der Waals surface area (Å²) in [4.78, 5) is 9.05. The van der Waals surface area contributed by atoms with E-state index in [0.29, 0.717) is 0 Å². The van der Waals surface area contributed by atoms with Crippen LogP contribution in [0, 0.1) is 0 Å². The van der Waals surface area contributed by atoms with E-state index in [4.69, 9.17) is 4.98 Å². The predicted molar refractivity (Wildman–Crippen MR) is 88.5 cm³/mol. The van der Waals surface area contributed by atoms with Gasteiger partial charge in [0.25, 0.3) is 0 Å². The number of aromatic nitrogens is 2. The Morgan fingerprint density at radius 2 is 1.95 bits per heavy atom. The molecule has 1 saturated carbocycles. The summed E-state index contributed by atoms with van der Waals surface area (Å²) in [6.45, 7) is 1.04. The molecule has 0 aromatic carbocycles. The van der Waals surface area contributed by atoms with Gasteiger partial charge < -0.3 is 5.32 Å². The van der Waals surface area contributed by atoms with Crippen LogP contribution in [0.5, 0.6) is 0 Å². The fraction of sp³-hybridized carbons (Fsp3) is 0.529. The molecule has 21 heavy (non-hydrogen) atoms. The zero-order chi connectivity index (χ0) is 14.3. The fourth-order valence-electron chi connectivity index (χ4n) is 2.92. The molecule has 0 atom stereocenters. The lowest BCUT2D eigenvalue weighted by Gasteiger charge is -2.15. The van der Waals surface area contributed by atoms with E-state index in [1.54, 1.807) is 11.3 Å². The molecule has 112 valence electrons. The quantitative estimate of drug-likeness (QED) is 0.846. The minimum atomic E-state index is 0.725. The number of thiazole rings is 1. The average molecular weight is 301 g/mol. The highest BCUT2D eigenvalue weighted by Crippen LogP contribution is 2.20. The minimum absolute atomic E-state index is 0.725. The summed E-state index contributed by atoms with van der Waals surface area (Å²) < 4.78 is 0. The maximum atomic E-state index is 4.70. The van der Waals surface area contributed by atoms with Crippen LogP contribution < -0.4 is 5.32 Å². The summed E-state index contributed by atoms with van der Waals surface area (Å²) >= 11 is 1.74. The van der Waals surface area contributed by atoms with Crippen LogP contribution in [0.25, 0.3) is 11.4 Å². The molecular weight excluding hydrogens is 278 g/mol. The molecule has 3 nitrogen and oxygen atoms in total. The molecule has 2 aromatic heterocycles. The van der Waals surface area contributed by atoms with Gasteiger partial charge in [0.05, 0.1) is 16.4 Å². The molecule has 1 N–H and O–H groups in total. The second-order valence-corrected chi connectivity index (χ2v) is 6.68. The molecule has 2 aromatic rings. The Hall–Kier alpha value is -1.26. The van der Waals surface area contributed by atoms with Crippen molar-refractivity contribution in [1.29, 1.82) is 0 Å². The van der Waals surface area contributed by atoms with E-state index < -0.39 is 0 Å². The molecule has 0 saturated heterocycles. The predicted octanol–water partition coefficient (Wildman–Crippen LogP) is 4.06. The lowest BCUT2D eigenvalue weighted by atomic mass is 10.1. The highest BCUT2D eigenvalue weighted by molar-refractivity contribution is 7.09. The Balaban J connectivity index is 1.48.